The van der Waals surface area contributed by atoms with Gasteiger partial charge in [0.15, 0.2) is 6.10 Å². The molecule has 0 saturated carbocycles. The molecule has 25 heavy (non-hydrogen) atoms. The van der Waals surface area contributed by atoms with Crippen LogP contribution in [0.4, 0.5) is 0 Å². The number of methoxy groups -OCH3 is 1. The van der Waals surface area contributed by atoms with E-state index in [0.29, 0.717) is 6.42 Å². The summed E-state index contributed by atoms with van der Waals surface area (Å²) in [4.78, 5) is 11.0. The van der Waals surface area contributed by atoms with E-state index in [4.69, 9.17) is 0 Å². The predicted octanol–water partition coefficient (Wildman–Crippen LogP) is 6.56. The molecule has 0 unspecified atom stereocenters. The molecule has 0 aliphatic rings. The average molecular weight is 357 g/mol. The van der Waals surface area contributed by atoms with Crippen molar-refractivity contribution in [3.05, 3.63) is 0 Å². The van der Waals surface area contributed by atoms with E-state index >= 15 is 0 Å². The van der Waals surface area contributed by atoms with Crippen LogP contribution in [-0.2, 0) is 9.53 Å². The topological polar surface area (TPSA) is 46.5 Å². The third-order valence-electron chi connectivity index (χ3n) is 5.05. The maximum absolute atomic E-state index is 11.0. The number of aliphatic hydroxyl groups excluding tert-OH is 1. The van der Waals surface area contributed by atoms with Gasteiger partial charge in [0.2, 0.25) is 0 Å². The summed E-state index contributed by atoms with van der Waals surface area (Å²) in [7, 11) is 1.32. The molecule has 3 nitrogen and oxygen atoms in total. The minimum absolute atomic E-state index is 0.503. The molecule has 0 aliphatic heterocycles. The van der Waals surface area contributed by atoms with Crippen LogP contribution in [0.5, 0.6) is 0 Å². The van der Waals surface area contributed by atoms with E-state index in [9.17, 15) is 9.90 Å². The molecule has 0 saturated heterocycles. The Labute approximate surface area is 156 Å². The fourth-order valence-electron chi connectivity index (χ4n) is 3.32. The van der Waals surface area contributed by atoms with Crippen LogP contribution in [0.15, 0.2) is 0 Å². The van der Waals surface area contributed by atoms with E-state index in [1.165, 1.54) is 103 Å². The van der Waals surface area contributed by atoms with Gasteiger partial charge >= 0.3 is 5.97 Å². The molecule has 0 radical (unpaired) electrons. The standard InChI is InChI=1S/C22H44O3/c1-3-4-5-6-7-8-9-10-11-12-13-14-15-16-17-18-19-20-21(23)22(24)25-2/h21,23H,3-20H2,1-2H3/t21-/m1/s1. The number of hydrogen-bond donors (Lipinski definition) is 1. The van der Waals surface area contributed by atoms with Crippen molar-refractivity contribution in [1.29, 1.82) is 0 Å². The van der Waals surface area contributed by atoms with E-state index in [1.54, 1.807) is 0 Å². The zero-order chi connectivity index (χ0) is 18.6. The van der Waals surface area contributed by atoms with E-state index in [-0.39, 0.29) is 0 Å². The first kappa shape index (κ1) is 24.4. The molecule has 3 heteroatoms. The SMILES string of the molecule is CCCCCCCCCCCCCCCCCCC[C@@H](O)C(=O)OC. The zero-order valence-electron chi connectivity index (χ0n) is 17.1. The summed E-state index contributed by atoms with van der Waals surface area (Å²) < 4.78 is 4.51. The van der Waals surface area contributed by atoms with Crippen LogP contribution in [0.25, 0.3) is 0 Å². The number of ether oxygens (including phenoxy) is 1. The van der Waals surface area contributed by atoms with Gasteiger partial charge in [0.25, 0.3) is 0 Å². The van der Waals surface area contributed by atoms with Crippen LogP contribution in [-0.4, -0.2) is 24.3 Å². The largest absolute Gasteiger partial charge is 0.467 e. The number of unbranched alkanes of at least 4 members (excludes halogenated alkanes) is 16. The van der Waals surface area contributed by atoms with Gasteiger partial charge in [-0.05, 0) is 6.42 Å². The summed E-state index contributed by atoms with van der Waals surface area (Å²) in [5, 5.41) is 9.47. The lowest BCUT2D eigenvalue weighted by Crippen LogP contribution is -2.21. The second-order valence-electron chi connectivity index (χ2n) is 7.48. The summed E-state index contributed by atoms with van der Waals surface area (Å²) in [6, 6.07) is 0. The van der Waals surface area contributed by atoms with E-state index < -0.39 is 12.1 Å². The normalized spacial score (nSPS) is 12.3. The lowest BCUT2D eigenvalue weighted by Gasteiger charge is -2.07. The minimum atomic E-state index is -0.929. The smallest absolute Gasteiger partial charge is 0.334 e. The van der Waals surface area contributed by atoms with Gasteiger partial charge < -0.3 is 9.84 Å². The third kappa shape index (κ3) is 18.0. The Kier molecular flexibility index (Phi) is 19.3. The second kappa shape index (κ2) is 19.8. The molecular formula is C22H44O3. The molecule has 0 heterocycles. The van der Waals surface area contributed by atoms with E-state index in [1.807, 2.05) is 0 Å². The molecule has 1 atom stereocenters. The van der Waals surface area contributed by atoms with E-state index in [2.05, 4.69) is 11.7 Å². The Hall–Kier alpha value is -0.570. The third-order valence-corrected chi connectivity index (χ3v) is 5.05. The molecule has 0 aromatic heterocycles. The van der Waals surface area contributed by atoms with Gasteiger partial charge in [-0.25, -0.2) is 4.79 Å². The fraction of sp³-hybridized carbons (Fsp3) is 0.955. The summed E-state index contributed by atoms with van der Waals surface area (Å²) >= 11 is 0. The second-order valence-corrected chi connectivity index (χ2v) is 7.48. The van der Waals surface area contributed by atoms with Gasteiger partial charge in [-0.15, -0.1) is 0 Å². The van der Waals surface area contributed by atoms with Crippen molar-refractivity contribution >= 4 is 5.97 Å². The van der Waals surface area contributed by atoms with Crippen molar-refractivity contribution in [2.45, 2.75) is 129 Å². The Balaban J connectivity index is 3.08. The number of rotatable bonds is 19. The zero-order valence-corrected chi connectivity index (χ0v) is 17.1. The molecule has 0 rings (SSSR count). The highest BCUT2D eigenvalue weighted by Crippen LogP contribution is 2.14. The Morgan fingerprint density at radius 3 is 1.32 bits per heavy atom. The van der Waals surface area contributed by atoms with Crippen molar-refractivity contribution in [2.75, 3.05) is 7.11 Å². The lowest BCUT2D eigenvalue weighted by atomic mass is 10.0. The van der Waals surface area contributed by atoms with Gasteiger partial charge in [-0.2, -0.15) is 0 Å². The summed E-state index contributed by atoms with van der Waals surface area (Å²) in [6.45, 7) is 2.28. The molecule has 150 valence electrons. The number of carbonyl (C=O) groups is 1. The summed E-state index contributed by atoms with van der Waals surface area (Å²) in [6.07, 6.45) is 22.4. The van der Waals surface area contributed by atoms with Gasteiger partial charge in [-0.3, -0.25) is 0 Å². The van der Waals surface area contributed by atoms with Crippen molar-refractivity contribution in [2.24, 2.45) is 0 Å². The quantitative estimate of drug-likeness (QED) is 0.210. The van der Waals surface area contributed by atoms with Crippen LogP contribution in [0.1, 0.15) is 122 Å². The van der Waals surface area contributed by atoms with Crippen LogP contribution in [0.3, 0.4) is 0 Å². The van der Waals surface area contributed by atoms with Crippen LogP contribution in [0.2, 0.25) is 0 Å². The summed E-state index contributed by atoms with van der Waals surface area (Å²) in [5.41, 5.74) is 0. The molecule has 0 aliphatic carbocycles. The maximum Gasteiger partial charge on any atom is 0.334 e. The highest BCUT2D eigenvalue weighted by Gasteiger charge is 2.13. The highest BCUT2D eigenvalue weighted by molar-refractivity contribution is 5.74. The first-order chi connectivity index (χ1) is 12.2. The molecule has 0 fully saturated rings. The molecule has 0 aromatic rings. The number of esters is 1. The fourth-order valence-corrected chi connectivity index (χ4v) is 3.32. The lowest BCUT2D eigenvalue weighted by molar-refractivity contribution is -0.150. The monoisotopic (exact) mass is 356 g/mol. The van der Waals surface area contributed by atoms with Gasteiger partial charge in [0, 0.05) is 0 Å². The Bertz CT molecular complexity index is 278. The van der Waals surface area contributed by atoms with Gasteiger partial charge in [-0.1, -0.05) is 116 Å². The van der Waals surface area contributed by atoms with Gasteiger partial charge in [0.1, 0.15) is 0 Å². The number of carbonyl (C=O) groups excluding carboxylic acids is 1. The minimum Gasteiger partial charge on any atom is -0.467 e. The average Bonchev–Trinajstić information content (AvgIpc) is 2.63. The molecule has 0 spiro atoms. The van der Waals surface area contributed by atoms with Crippen LogP contribution in [0, 0.1) is 0 Å². The molecule has 1 N–H and O–H groups in total. The first-order valence-electron chi connectivity index (χ1n) is 11.0. The molecule has 0 amide bonds. The first-order valence-corrected chi connectivity index (χ1v) is 11.0. The van der Waals surface area contributed by atoms with Crippen LogP contribution < -0.4 is 0 Å². The Morgan fingerprint density at radius 2 is 1.00 bits per heavy atom. The molecular weight excluding hydrogens is 312 g/mol. The van der Waals surface area contributed by atoms with Gasteiger partial charge in [0.05, 0.1) is 7.11 Å². The molecule has 0 bridgehead atoms. The van der Waals surface area contributed by atoms with Crippen molar-refractivity contribution < 1.29 is 14.6 Å². The summed E-state index contributed by atoms with van der Waals surface area (Å²) in [5.74, 6) is -0.503. The maximum atomic E-state index is 11.0. The van der Waals surface area contributed by atoms with Crippen molar-refractivity contribution in [3.8, 4) is 0 Å². The predicted molar refractivity (Wildman–Crippen MR) is 107 cm³/mol. The number of hydrogen-bond acceptors (Lipinski definition) is 3. The molecule has 0 aromatic carbocycles. The number of aliphatic hydroxyl groups is 1. The van der Waals surface area contributed by atoms with Crippen molar-refractivity contribution in [3.63, 3.8) is 0 Å². The van der Waals surface area contributed by atoms with E-state index in [0.717, 1.165) is 12.8 Å². The van der Waals surface area contributed by atoms with Crippen LogP contribution >= 0.6 is 0 Å². The highest BCUT2D eigenvalue weighted by atomic mass is 16.5. The Morgan fingerprint density at radius 1 is 0.680 bits per heavy atom. The van der Waals surface area contributed by atoms with Crippen molar-refractivity contribution in [1.82, 2.24) is 0 Å².